The third kappa shape index (κ3) is 51.0. The van der Waals surface area contributed by atoms with Gasteiger partial charge in [0, 0.05) is 12.8 Å². The second-order valence-electron chi connectivity index (χ2n) is 21.1. The van der Waals surface area contributed by atoms with Crippen molar-refractivity contribution in [2.75, 3.05) is 40.9 Å². The van der Waals surface area contributed by atoms with Crippen LogP contribution in [-0.4, -0.2) is 69.4 Å². The smallest absolute Gasteiger partial charge is 0.306 e. The summed E-state index contributed by atoms with van der Waals surface area (Å²) in [5.41, 5.74) is 0. The minimum Gasteiger partial charge on any atom is -0.756 e. The maximum absolute atomic E-state index is 13.5. The Hall–Kier alpha value is -1.77. The first-order valence-electron chi connectivity index (χ1n) is 29.3. The molecule has 406 valence electrons. The van der Waals surface area contributed by atoms with Gasteiger partial charge in [0.05, 0.1) is 33.8 Å². The summed E-state index contributed by atoms with van der Waals surface area (Å²) >= 11 is 0. The number of quaternary nitrogens is 1. The fourth-order valence-corrected chi connectivity index (χ4v) is 9.18. The molecule has 0 saturated heterocycles. The number of phosphoric acid groups is 1. The van der Waals surface area contributed by atoms with Gasteiger partial charge >= 0.3 is 5.97 Å². The van der Waals surface area contributed by atoms with Crippen LogP contribution in [0.15, 0.2) is 36.5 Å². The number of allylic oxidation sites excluding steroid dienone is 5. The van der Waals surface area contributed by atoms with Crippen molar-refractivity contribution in [3.8, 4) is 0 Å². The second-order valence-corrected chi connectivity index (χ2v) is 22.6. The lowest BCUT2D eigenvalue weighted by molar-refractivity contribution is -0.870. The summed E-state index contributed by atoms with van der Waals surface area (Å²) in [6.07, 6.45) is 58.1. The van der Waals surface area contributed by atoms with E-state index in [1.165, 1.54) is 161 Å². The predicted octanol–water partition coefficient (Wildman–Crippen LogP) is 16.9. The van der Waals surface area contributed by atoms with Gasteiger partial charge in [-0.15, -0.1) is 0 Å². The van der Waals surface area contributed by atoms with E-state index in [0.29, 0.717) is 17.4 Å². The molecule has 0 aliphatic carbocycles. The first-order chi connectivity index (χ1) is 33.4. The molecule has 0 aliphatic heterocycles. The maximum atomic E-state index is 13.5. The molecule has 0 fully saturated rings. The molecule has 0 heterocycles. The van der Waals surface area contributed by atoms with E-state index in [0.717, 1.165) is 83.5 Å². The van der Waals surface area contributed by atoms with E-state index in [9.17, 15) is 19.0 Å². The lowest BCUT2D eigenvalue weighted by Crippen LogP contribution is -2.47. The summed E-state index contributed by atoms with van der Waals surface area (Å²) in [4.78, 5) is 39.9. The van der Waals surface area contributed by atoms with Crippen LogP contribution in [0.4, 0.5) is 0 Å². The van der Waals surface area contributed by atoms with Crippen LogP contribution in [0.2, 0.25) is 0 Å². The van der Waals surface area contributed by atoms with Gasteiger partial charge in [0.25, 0.3) is 7.82 Å². The van der Waals surface area contributed by atoms with Gasteiger partial charge in [-0.1, -0.05) is 218 Å². The van der Waals surface area contributed by atoms with Gasteiger partial charge in [0.1, 0.15) is 19.3 Å². The van der Waals surface area contributed by atoms with Gasteiger partial charge in [-0.3, -0.25) is 14.2 Å². The van der Waals surface area contributed by atoms with Crippen molar-refractivity contribution in [1.82, 2.24) is 5.32 Å². The van der Waals surface area contributed by atoms with Gasteiger partial charge in [0.15, 0.2) is 0 Å². The van der Waals surface area contributed by atoms with E-state index >= 15 is 0 Å². The van der Waals surface area contributed by atoms with Crippen LogP contribution >= 0.6 is 7.82 Å². The van der Waals surface area contributed by atoms with E-state index < -0.39 is 20.0 Å². The van der Waals surface area contributed by atoms with Crippen molar-refractivity contribution in [1.29, 1.82) is 0 Å². The van der Waals surface area contributed by atoms with E-state index in [4.69, 9.17) is 13.8 Å². The molecule has 0 aliphatic rings. The third-order valence-electron chi connectivity index (χ3n) is 13.0. The van der Waals surface area contributed by atoms with Crippen LogP contribution in [0.25, 0.3) is 0 Å². The van der Waals surface area contributed by atoms with Crippen molar-refractivity contribution in [3.63, 3.8) is 0 Å². The summed E-state index contributed by atoms with van der Waals surface area (Å²) in [5.74, 6) is -0.544. The molecule has 0 aromatic carbocycles. The highest BCUT2D eigenvalue weighted by molar-refractivity contribution is 7.45. The maximum Gasteiger partial charge on any atom is 0.306 e. The molecule has 3 atom stereocenters. The molecular weight excluding hydrogens is 880 g/mol. The number of ether oxygens (including phenoxy) is 1. The number of hydrogen-bond donors (Lipinski definition) is 1. The Morgan fingerprint density at radius 2 is 0.841 bits per heavy atom. The number of nitrogens with zero attached hydrogens (tertiary/aromatic N) is 1. The normalized spacial score (nSPS) is 14.0. The van der Waals surface area contributed by atoms with Gasteiger partial charge < -0.3 is 28.5 Å². The topological polar surface area (TPSA) is 114 Å². The molecule has 3 unspecified atom stereocenters. The highest BCUT2D eigenvalue weighted by Crippen LogP contribution is 2.38. The van der Waals surface area contributed by atoms with Gasteiger partial charge in [-0.25, -0.2) is 0 Å². The van der Waals surface area contributed by atoms with E-state index in [1.54, 1.807) is 0 Å². The average Bonchev–Trinajstić information content (AvgIpc) is 3.31. The van der Waals surface area contributed by atoms with E-state index in [2.05, 4.69) is 50.4 Å². The molecule has 1 N–H and O–H groups in total. The lowest BCUT2D eigenvalue weighted by Gasteiger charge is -2.30. The Balaban J connectivity index is 5.36. The molecule has 0 aromatic rings. The standard InChI is InChI=1S/C59H113N2O7P/c1-7-10-13-16-19-22-25-28-30-33-36-39-42-45-48-51-58(62)60-56(55-67-69(64,65)66-54-53-61(4,5)6)57(50-47-44-41-38-35-32-27-24-21-18-15-12-9-3)68-59(63)52-49-46-43-40-37-34-31-29-26-23-20-17-14-11-8-2/h22-23,25-26,47,50,56-57H,7-21,24,27-46,48-49,51-55H2,1-6H3,(H-,60,62,64,65)/b25-22-,26-23-,50-47+. The van der Waals surface area contributed by atoms with Crippen LogP contribution in [-0.2, 0) is 27.9 Å². The number of esters is 1. The SMILES string of the molecule is CCCCCC/C=C\CCCCCCCCCC(=O)NC(COP(=O)([O-])OCC[N+](C)(C)C)C(/C=C/CCCCCCCCCCCCC)OC(=O)CCCCCCCCC/C=C\CCCCCC. The van der Waals surface area contributed by atoms with Crippen molar-refractivity contribution in [2.45, 2.75) is 290 Å². The number of carbonyl (C=O) groups excluding carboxylic acids is 2. The Labute approximate surface area is 427 Å². The molecular formula is C59H113N2O7P. The van der Waals surface area contributed by atoms with Crippen molar-refractivity contribution < 1.29 is 37.3 Å². The molecule has 0 spiro atoms. The number of unbranched alkanes of at least 4 members (excludes halogenated alkanes) is 33. The monoisotopic (exact) mass is 993 g/mol. The highest BCUT2D eigenvalue weighted by Gasteiger charge is 2.27. The number of amides is 1. The molecule has 69 heavy (non-hydrogen) atoms. The Kier molecular flexibility index (Phi) is 48.5. The average molecular weight is 994 g/mol. The molecule has 0 aromatic heterocycles. The summed E-state index contributed by atoms with van der Waals surface area (Å²) in [6.45, 7) is 6.83. The van der Waals surface area contributed by atoms with Crippen LogP contribution in [0.3, 0.4) is 0 Å². The number of nitrogens with one attached hydrogen (secondary N) is 1. The Morgan fingerprint density at radius 1 is 0.493 bits per heavy atom. The molecule has 0 rings (SSSR count). The lowest BCUT2D eigenvalue weighted by atomic mass is 10.0. The summed E-state index contributed by atoms with van der Waals surface area (Å²) in [6, 6.07) is -0.888. The number of phosphoric ester groups is 1. The molecule has 1 amide bonds. The van der Waals surface area contributed by atoms with Gasteiger partial charge in [-0.05, 0) is 83.1 Å². The van der Waals surface area contributed by atoms with Crippen LogP contribution in [0.1, 0.15) is 278 Å². The fraction of sp³-hybridized carbons (Fsp3) is 0.864. The number of rotatable bonds is 53. The predicted molar refractivity (Wildman–Crippen MR) is 293 cm³/mol. The number of likely N-dealkylation sites (N-methyl/N-ethyl adjacent to an activating group) is 1. The van der Waals surface area contributed by atoms with Crippen molar-refractivity contribution >= 4 is 19.7 Å². The zero-order chi connectivity index (χ0) is 50.8. The number of hydrogen-bond acceptors (Lipinski definition) is 7. The van der Waals surface area contributed by atoms with E-state index in [1.807, 2.05) is 33.3 Å². The zero-order valence-corrected chi connectivity index (χ0v) is 47.2. The Morgan fingerprint density at radius 3 is 1.25 bits per heavy atom. The minimum atomic E-state index is -4.69. The quantitative estimate of drug-likeness (QED) is 0.0212. The molecule has 0 saturated carbocycles. The minimum absolute atomic E-state index is 0.0224. The fourth-order valence-electron chi connectivity index (χ4n) is 8.45. The first-order valence-corrected chi connectivity index (χ1v) is 30.8. The summed E-state index contributed by atoms with van der Waals surface area (Å²) in [7, 11) is 1.19. The van der Waals surface area contributed by atoms with Crippen LogP contribution in [0.5, 0.6) is 0 Å². The summed E-state index contributed by atoms with van der Waals surface area (Å²) in [5, 5.41) is 3.02. The van der Waals surface area contributed by atoms with E-state index in [-0.39, 0.29) is 31.5 Å². The van der Waals surface area contributed by atoms with Gasteiger partial charge in [-0.2, -0.15) is 0 Å². The summed E-state index contributed by atoms with van der Waals surface area (Å²) < 4.78 is 30.3. The zero-order valence-electron chi connectivity index (χ0n) is 46.3. The largest absolute Gasteiger partial charge is 0.756 e. The van der Waals surface area contributed by atoms with Crippen molar-refractivity contribution in [3.05, 3.63) is 36.5 Å². The molecule has 0 bridgehead atoms. The second kappa shape index (κ2) is 49.8. The van der Waals surface area contributed by atoms with Crippen LogP contribution < -0.4 is 10.2 Å². The Bertz CT molecular complexity index is 1280. The first kappa shape index (κ1) is 67.2. The van der Waals surface area contributed by atoms with Crippen LogP contribution in [0, 0.1) is 0 Å². The number of carbonyl (C=O) groups is 2. The van der Waals surface area contributed by atoms with Gasteiger partial charge in [0.2, 0.25) is 5.91 Å². The van der Waals surface area contributed by atoms with Crippen molar-refractivity contribution in [2.24, 2.45) is 0 Å². The highest BCUT2D eigenvalue weighted by atomic mass is 31.2. The molecule has 0 radical (unpaired) electrons. The third-order valence-corrected chi connectivity index (χ3v) is 14.0. The molecule has 10 heteroatoms. The molecule has 9 nitrogen and oxygen atoms in total.